The van der Waals surface area contributed by atoms with Crippen molar-refractivity contribution in [3.8, 4) is 6.07 Å². The molecule has 7 heteroatoms. The number of pyridine rings is 1. The van der Waals surface area contributed by atoms with Crippen LogP contribution >= 0.6 is 11.3 Å². The van der Waals surface area contributed by atoms with Gasteiger partial charge >= 0.3 is 0 Å². The molecule has 3 rings (SSSR count). The summed E-state index contributed by atoms with van der Waals surface area (Å²) in [6.07, 6.45) is 5.97. The lowest BCUT2D eigenvalue weighted by atomic mass is 10.2. The predicted octanol–water partition coefficient (Wildman–Crippen LogP) is 2.42. The van der Waals surface area contributed by atoms with Gasteiger partial charge in [-0.15, -0.1) is 0 Å². The van der Waals surface area contributed by atoms with Crippen LogP contribution in [0, 0.1) is 11.3 Å². The Morgan fingerprint density at radius 3 is 3.18 bits per heavy atom. The van der Waals surface area contributed by atoms with E-state index in [0.29, 0.717) is 16.1 Å². The van der Waals surface area contributed by atoms with Crippen LogP contribution in [0.3, 0.4) is 0 Å². The molecule has 1 fully saturated rings. The second-order valence-corrected chi connectivity index (χ2v) is 6.11. The summed E-state index contributed by atoms with van der Waals surface area (Å²) in [7, 11) is 0. The molecule has 6 nitrogen and oxygen atoms in total. The zero-order valence-corrected chi connectivity index (χ0v) is 12.9. The van der Waals surface area contributed by atoms with E-state index >= 15 is 0 Å². The van der Waals surface area contributed by atoms with Crippen molar-refractivity contribution in [3.05, 3.63) is 35.0 Å². The average molecular weight is 315 g/mol. The number of aromatic nitrogens is 2. The number of nitrogens with one attached hydrogen (secondary N) is 2. The van der Waals surface area contributed by atoms with Crippen LogP contribution in [0.15, 0.2) is 24.5 Å². The number of rotatable bonds is 6. The van der Waals surface area contributed by atoms with Gasteiger partial charge in [0.05, 0.1) is 12.3 Å². The molecule has 1 aliphatic rings. The Bertz CT molecular complexity index is 660. The minimum Gasteiger partial charge on any atom is -0.377 e. The van der Waals surface area contributed by atoms with Gasteiger partial charge in [0, 0.05) is 25.9 Å². The Morgan fingerprint density at radius 1 is 1.45 bits per heavy atom. The van der Waals surface area contributed by atoms with E-state index in [-0.39, 0.29) is 0 Å². The molecule has 0 spiro atoms. The lowest BCUT2D eigenvalue weighted by Gasteiger charge is -2.11. The quantitative estimate of drug-likeness (QED) is 0.852. The van der Waals surface area contributed by atoms with Gasteiger partial charge < -0.3 is 15.4 Å². The van der Waals surface area contributed by atoms with E-state index in [4.69, 9.17) is 10.00 Å². The van der Waals surface area contributed by atoms with Crippen LogP contribution in [0.1, 0.15) is 23.3 Å². The van der Waals surface area contributed by atoms with Gasteiger partial charge in [0.1, 0.15) is 16.8 Å². The van der Waals surface area contributed by atoms with Gasteiger partial charge in [-0.25, -0.2) is 9.97 Å². The van der Waals surface area contributed by atoms with Gasteiger partial charge in [-0.05, 0) is 30.5 Å². The topological polar surface area (TPSA) is 82.9 Å². The zero-order chi connectivity index (χ0) is 15.2. The first-order valence-electron chi connectivity index (χ1n) is 7.24. The largest absolute Gasteiger partial charge is 0.377 e. The van der Waals surface area contributed by atoms with Gasteiger partial charge in [-0.1, -0.05) is 11.3 Å². The molecule has 2 N–H and O–H groups in total. The first-order valence-corrected chi connectivity index (χ1v) is 8.05. The van der Waals surface area contributed by atoms with Gasteiger partial charge in [0.25, 0.3) is 0 Å². The molecular weight excluding hydrogens is 298 g/mol. The number of hydrogen-bond donors (Lipinski definition) is 2. The smallest absolute Gasteiger partial charge is 0.189 e. The van der Waals surface area contributed by atoms with Crippen LogP contribution in [-0.2, 0) is 11.3 Å². The molecule has 1 saturated heterocycles. The van der Waals surface area contributed by atoms with E-state index in [1.807, 2.05) is 12.1 Å². The van der Waals surface area contributed by atoms with Gasteiger partial charge in [0.2, 0.25) is 0 Å². The Balaban J connectivity index is 1.54. The third kappa shape index (κ3) is 4.01. The highest BCUT2D eigenvalue weighted by atomic mass is 32.1. The van der Waals surface area contributed by atoms with Crippen LogP contribution in [0.4, 0.5) is 10.9 Å². The highest BCUT2D eigenvalue weighted by Gasteiger charge is 2.14. The highest BCUT2D eigenvalue weighted by Crippen LogP contribution is 2.21. The monoisotopic (exact) mass is 315 g/mol. The van der Waals surface area contributed by atoms with E-state index < -0.39 is 0 Å². The molecule has 2 aromatic heterocycles. The Labute approximate surface area is 133 Å². The Kier molecular flexibility index (Phi) is 4.96. The number of hydrogen-bond acceptors (Lipinski definition) is 7. The molecule has 0 aromatic carbocycles. The van der Waals surface area contributed by atoms with Crippen molar-refractivity contribution >= 4 is 22.3 Å². The Hall–Kier alpha value is -2.01. The van der Waals surface area contributed by atoms with E-state index in [1.54, 1.807) is 12.4 Å². The summed E-state index contributed by atoms with van der Waals surface area (Å²) in [5.74, 6) is 0.732. The van der Waals surface area contributed by atoms with E-state index in [9.17, 15) is 0 Å². The molecule has 114 valence electrons. The molecule has 0 aliphatic carbocycles. The summed E-state index contributed by atoms with van der Waals surface area (Å²) in [6, 6.07) is 6.04. The van der Waals surface area contributed by atoms with Crippen molar-refractivity contribution in [1.29, 1.82) is 5.26 Å². The summed E-state index contributed by atoms with van der Waals surface area (Å²) >= 11 is 1.31. The van der Waals surface area contributed by atoms with Crippen LogP contribution in [0.5, 0.6) is 0 Å². The second kappa shape index (κ2) is 7.31. The summed E-state index contributed by atoms with van der Waals surface area (Å²) < 4.78 is 5.59. The Morgan fingerprint density at radius 2 is 2.41 bits per heavy atom. The van der Waals surface area contributed by atoms with Gasteiger partial charge in [-0.2, -0.15) is 5.26 Å². The van der Waals surface area contributed by atoms with E-state index in [0.717, 1.165) is 43.9 Å². The number of ether oxygens (including phenoxy) is 1. The van der Waals surface area contributed by atoms with Crippen LogP contribution in [0.2, 0.25) is 0 Å². The first-order chi connectivity index (χ1) is 10.8. The maximum absolute atomic E-state index is 8.81. The van der Waals surface area contributed by atoms with Crippen molar-refractivity contribution in [2.45, 2.75) is 25.5 Å². The first kappa shape index (κ1) is 14.9. The van der Waals surface area contributed by atoms with Gasteiger partial charge in [-0.3, -0.25) is 0 Å². The van der Waals surface area contributed by atoms with Crippen molar-refractivity contribution in [1.82, 2.24) is 15.3 Å². The molecule has 1 aliphatic heterocycles. The number of thiazole rings is 1. The fourth-order valence-corrected chi connectivity index (χ4v) is 2.95. The minimum absolute atomic E-state index is 0.346. The van der Waals surface area contributed by atoms with E-state index in [1.165, 1.54) is 11.3 Å². The normalized spacial score (nSPS) is 17.3. The summed E-state index contributed by atoms with van der Waals surface area (Å²) in [6.45, 7) is 2.54. The lowest BCUT2D eigenvalue weighted by Crippen LogP contribution is -2.25. The minimum atomic E-state index is 0.346. The number of nitriles is 1. The molecule has 0 amide bonds. The van der Waals surface area contributed by atoms with Crippen molar-refractivity contribution in [3.63, 3.8) is 0 Å². The van der Waals surface area contributed by atoms with Crippen molar-refractivity contribution in [2.75, 3.05) is 18.5 Å². The second-order valence-electron chi connectivity index (χ2n) is 5.08. The molecule has 3 heterocycles. The predicted molar refractivity (Wildman–Crippen MR) is 85.0 cm³/mol. The van der Waals surface area contributed by atoms with Gasteiger partial charge in [0.15, 0.2) is 5.13 Å². The maximum atomic E-state index is 8.81. The third-order valence-electron chi connectivity index (χ3n) is 3.40. The van der Waals surface area contributed by atoms with Crippen LogP contribution < -0.4 is 10.6 Å². The fourth-order valence-electron chi connectivity index (χ4n) is 2.33. The van der Waals surface area contributed by atoms with Crippen LogP contribution in [-0.4, -0.2) is 29.2 Å². The van der Waals surface area contributed by atoms with E-state index in [2.05, 4.69) is 26.7 Å². The molecule has 1 unspecified atom stereocenters. The SMILES string of the molecule is N#Cc1cnc(Nc2cc(CNCC3CCCO3)ccn2)s1. The molecule has 2 aromatic rings. The molecule has 0 saturated carbocycles. The molecule has 0 bridgehead atoms. The molecule has 0 radical (unpaired) electrons. The van der Waals surface area contributed by atoms with Crippen LogP contribution in [0.25, 0.3) is 0 Å². The molecular formula is C15H17N5OS. The molecule has 22 heavy (non-hydrogen) atoms. The summed E-state index contributed by atoms with van der Waals surface area (Å²) in [4.78, 5) is 9.00. The fraction of sp³-hybridized carbons (Fsp3) is 0.400. The third-order valence-corrected chi connectivity index (χ3v) is 4.22. The van der Waals surface area contributed by atoms with Crippen molar-refractivity contribution < 1.29 is 4.74 Å². The maximum Gasteiger partial charge on any atom is 0.189 e. The number of nitrogens with zero attached hydrogens (tertiary/aromatic N) is 3. The average Bonchev–Trinajstić information content (AvgIpc) is 3.19. The lowest BCUT2D eigenvalue weighted by molar-refractivity contribution is 0.110. The summed E-state index contributed by atoms with van der Waals surface area (Å²) in [5.41, 5.74) is 1.15. The number of anilines is 2. The molecule has 1 atom stereocenters. The summed E-state index contributed by atoms with van der Waals surface area (Å²) in [5, 5.41) is 16.0. The zero-order valence-electron chi connectivity index (χ0n) is 12.1. The van der Waals surface area contributed by atoms with Crippen molar-refractivity contribution in [2.24, 2.45) is 0 Å². The highest BCUT2D eigenvalue weighted by molar-refractivity contribution is 7.16. The standard InChI is InChI=1S/C15H17N5OS/c16-7-13-10-19-15(22-13)20-14-6-11(3-4-18-14)8-17-9-12-2-1-5-21-12/h3-4,6,10,12,17H,1-2,5,8-9H2,(H,18,19,20).